The van der Waals surface area contributed by atoms with Gasteiger partial charge in [0.05, 0.1) is 4.90 Å². The van der Waals surface area contributed by atoms with Crippen LogP contribution in [-0.4, -0.2) is 26.7 Å². The number of fused-ring (bicyclic) bond motifs is 2. The third-order valence-corrected chi connectivity index (χ3v) is 5.88. The molecule has 0 radical (unpaired) electrons. The van der Waals surface area contributed by atoms with Gasteiger partial charge in [-0.05, 0) is 48.6 Å². The third-order valence-electron chi connectivity index (χ3n) is 4.42. The first-order chi connectivity index (χ1) is 12.9. The number of aryl methyl sites for hydroxylation is 1. The van der Waals surface area contributed by atoms with Crippen molar-refractivity contribution in [3.8, 4) is 11.5 Å². The van der Waals surface area contributed by atoms with Crippen molar-refractivity contribution in [3.63, 3.8) is 0 Å². The zero-order chi connectivity index (χ0) is 19.0. The molecule has 140 valence electrons. The predicted octanol–water partition coefficient (Wildman–Crippen LogP) is 2.09. The molecule has 0 amide bonds. The van der Waals surface area contributed by atoms with Gasteiger partial charge in [0, 0.05) is 23.7 Å². The van der Waals surface area contributed by atoms with E-state index in [1.807, 2.05) is 25.1 Å². The number of hydrogen-bond donors (Lipinski definition) is 2. The zero-order valence-electron chi connectivity index (χ0n) is 14.6. The minimum atomic E-state index is -3.71. The quantitative estimate of drug-likeness (QED) is 0.700. The fourth-order valence-electron chi connectivity index (χ4n) is 2.99. The Morgan fingerprint density at radius 3 is 2.74 bits per heavy atom. The molecule has 0 aliphatic carbocycles. The molecule has 1 aromatic heterocycles. The highest BCUT2D eigenvalue weighted by atomic mass is 32.2. The minimum absolute atomic E-state index is 0.0799. The van der Waals surface area contributed by atoms with E-state index in [1.165, 1.54) is 12.1 Å². The molecule has 0 bridgehead atoms. The number of hydrogen-bond acceptors (Lipinski definition) is 5. The van der Waals surface area contributed by atoms with Crippen LogP contribution in [0.2, 0.25) is 0 Å². The summed E-state index contributed by atoms with van der Waals surface area (Å²) in [6.45, 7) is 2.14. The number of H-pyrrole nitrogens is 1. The van der Waals surface area contributed by atoms with Crippen molar-refractivity contribution in [2.24, 2.45) is 0 Å². The van der Waals surface area contributed by atoms with Gasteiger partial charge in [0.1, 0.15) is 0 Å². The van der Waals surface area contributed by atoms with Crippen LogP contribution in [-0.2, 0) is 16.4 Å². The molecule has 0 saturated carbocycles. The molecule has 7 nitrogen and oxygen atoms in total. The van der Waals surface area contributed by atoms with Gasteiger partial charge >= 0.3 is 0 Å². The molecule has 0 saturated heterocycles. The van der Waals surface area contributed by atoms with Crippen molar-refractivity contribution >= 4 is 20.9 Å². The third kappa shape index (κ3) is 3.54. The lowest BCUT2D eigenvalue weighted by Crippen LogP contribution is -2.27. The van der Waals surface area contributed by atoms with E-state index in [1.54, 1.807) is 12.1 Å². The Morgan fingerprint density at radius 2 is 1.89 bits per heavy atom. The maximum absolute atomic E-state index is 12.5. The Kier molecular flexibility index (Phi) is 4.37. The van der Waals surface area contributed by atoms with Crippen molar-refractivity contribution in [3.05, 3.63) is 63.9 Å². The molecule has 3 aromatic rings. The molecule has 4 rings (SSSR count). The van der Waals surface area contributed by atoms with Crippen LogP contribution < -0.4 is 19.8 Å². The van der Waals surface area contributed by atoms with Crippen LogP contribution in [0.4, 0.5) is 0 Å². The van der Waals surface area contributed by atoms with Crippen molar-refractivity contribution in [1.82, 2.24) is 9.71 Å². The van der Waals surface area contributed by atoms with Gasteiger partial charge < -0.3 is 14.5 Å². The number of benzene rings is 2. The summed E-state index contributed by atoms with van der Waals surface area (Å²) in [4.78, 5) is 15.2. The first-order valence-corrected chi connectivity index (χ1v) is 9.92. The molecule has 1 aliphatic rings. The maximum Gasteiger partial charge on any atom is 0.251 e. The first kappa shape index (κ1) is 17.6. The number of aromatic amines is 1. The number of aromatic nitrogens is 1. The van der Waals surface area contributed by atoms with E-state index in [9.17, 15) is 13.2 Å². The molecule has 27 heavy (non-hydrogen) atoms. The maximum atomic E-state index is 12.5. The molecule has 1 aliphatic heterocycles. The van der Waals surface area contributed by atoms with Gasteiger partial charge in [0.25, 0.3) is 5.56 Å². The van der Waals surface area contributed by atoms with E-state index >= 15 is 0 Å². The molecular formula is C19H18N2O5S. The Labute approximate surface area is 156 Å². The number of pyridine rings is 1. The zero-order valence-corrected chi connectivity index (χ0v) is 15.4. The number of nitrogens with one attached hydrogen (secondary N) is 2. The lowest BCUT2D eigenvalue weighted by molar-refractivity contribution is 0.174. The molecule has 0 spiro atoms. The average molecular weight is 386 g/mol. The highest BCUT2D eigenvalue weighted by molar-refractivity contribution is 7.89. The summed E-state index contributed by atoms with van der Waals surface area (Å²) < 4.78 is 37.8. The van der Waals surface area contributed by atoms with Gasteiger partial charge in [-0.3, -0.25) is 4.79 Å². The van der Waals surface area contributed by atoms with Crippen LogP contribution in [0.1, 0.15) is 11.1 Å². The summed E-state index contributed by atoms with van der Waals surface area (Å²) in [6, 6.07) is 12.0. The van der Waals surface area contributed by atoms with E-state index in [0.717, 1.165) is 16.5 Å². The summed E-state index contributed by atoms with van der Waals surface area (Å²) in [5.41, 5.74) is 2.14. The van der Waals surface area contributed by atoms with Crippen LogP contribution >= 0.6 is 0 Å². The van der Waals surface area contributed by atoms with Gasteiger partial charge in [-0.25, -0.2) is 13.1 Å². The lowest BCUT2D eigenvalue weighted by atomic mass is 10.1. The van der Waals surface area contributed by atoms with Crippen LogP contribution in [0.3, 0.4) is 0 Å². The SMILES string of the molecule is Cc1ccc2cc(CCNS(=O)(=O)c3ccc4c(c3)OCO4)c(=O)[nH]c2c1. The second-order valence-electron chi connectivity index (χ2n) is 6.38. The fourth-order valence-corrected chi connectivity index (χ4v) is 4.04. The van der Waals surface area contributed by atoms with Crippen LogP contribution in [0, 0.1) is 6.92 Å². The largest absolute Gasteiger partial charge is 0.454 e. The summed E-state index contributed by atoms with van der Waals surface area (Å²) in [7, 11) is -3.71. The van der Waals surface area contributed by atoms with Gasteiger partial charge in [0.2, 0.25) is 16.8 Å². The molecular weight excluding hydrogens is 368 g/mol. The minimum Gasteiger partial charge on any atom is -0.454 e. The monoisotopic (exact) mass is 386 g/mol. The van der Waals surface area contributed by atoms with Gasteiger partial charge in [0.15, 0.2) is 11.5 Å². The second-order valence-corrected chi connectivity index (χ2v) is 8.14. The lowest BCUT2D eigenvalue weighted by Gasteiger charge is -2.08. The Bertz CT molecular complexity index is 1180. The van der Waals surface area contributed by atoms with E-state index in [2.05, 4.69) is 9.71 Å². The highest BCUT2D eigenvalue weighted by Gasteiger charge is 2.20. The smallest absolute Gasteiger partial charge is 0.251 e. The van der Waals surface area contributed by atoms with Crippen molar-refractivity contribution < 1.29 is 17.9 Å². The standard InChI is InChI=1S/C19H18N2O5S/c1-12-2-3-13-9-14(19(22)21-16(13)8-12)6-7-20-27(23,24)15-4-5-17-18(10-15)26-11-25-17/h2-5,8-10,20H,6-7,11H2,1H3,(H,21,22). The average Bonchev–Trinajstić information content (AvgIpc) is 3.10. The van der Waals surface area contributed by atoms with Crippen molar-refractivity contribution in [2.45, 2.75) is 18.2 Å². The molecule has 2 heterocycles. The second kappa shape index (κ2) is 6.71. The Hall–Kier alpha value is -2.84. The van der Waals surface area contributed by atoms with Crippen LogP contribution in [0.5, 0.6) is 11.5 Å². The molecule has 2 aromatic carbocycles. The summed E-state index contributed by atoms with van der Waals surface area (Å²) >= 11 is 0. The highest BCUT2D eigenvalue weighted by Crippen LogP contribution is 2.33. The normalized spacial score (nSPS) is 13.2. The molecule has 0 fully saturated rings. The van der Waals surface area contributed by atoms with Crippen LogP contribution in [0.15, 0.2) is 52.2 Å². The Morgan fingerprint density at radius 1 is 1.07 bits per heavy atom. The van der Waals surface area contributed by atoms with E-state index in [-0.39, 0.29) is 30.2 Å². The topological polar surface area (TPSA) is 97.5 Å². The molecule has 0 unspecified atom stereocenters. The van der Waals surface area contributed by atoms with Gasteiger partial charge in [-0.1, -0.05) is 12.1 Å². The molecule has 2 N–H and O–H groups in total. The van der Waals surface area contributed by atoms with E-state index in [4.69, 9.17) is 9.47 Å². The Balaban J connectivity index is 1.49. The predicted molar refractivity (Wildman–Crippen MR) is 101 cm³/mol. The van der Waals surface area contributed by atoms with Gasteiger partial charge in [-0.2, -0.15) is 0 Å². The van der Waals surface area contributed by atoms with Crippen LogP contribution in [0.25, 0.3) is 10.9 Å². The van der Waals surface area contributed by atoms with Crippen molar-refractivity contribution in [2.75, 3.05) is 13.3 Å². The first-order valence-electron chi connectivity index (χ1n) is 8.44. The number of ether oxygens (including phenoxy) is 2. The molecule has 8 heteroatoms. The number of sulfonamides is 1. The fraction of sp³-hybridized carbons (Fsp3) is 0.211. The van der Waals surface area contributed by atoms with Gasteiger partial charge in [-0.15, -0.1) is 0 Å². The number of rotatable bonds is 5. The summed E-state index contributed by atoms with van der Waals surface area (Å²) in [6.07, 6.45) is 0.281. The summed E-state index contributed by atoms with van der Waals surface area (Å²) in [5.74, 6) is 0.922. The van der Waals surface area contributed by atoms with Crippen molar-refractivity contribution in [1.29, 1.82) is 0 Å². The summed E-state index contributed by atoms with van der Waals surface area (Å²) in [5, 5.41) is 0.911. The van der Waals surface area contributed by atoms with E-state index in [0.29, 0.717) is 17.1 Å². The van der Waals surface area contributed by atoms with E-state index < -0.39 is 10.0 Å². The molecule has 0 atom stereocenters.